The first-order valence-electron chi connectivity index (χ1n) is 5.59. The molecule has 0 atom stereocenters. The normalized spacial score (nSPS) is 17.6. The van der Waals surface area contributed by atoms with Crippen LogP contribution < -0.4 is 0 Å². The molecule has 1 aliphatic rings. The van der Waals surface area contributed by atoms with Crippen molar-refractivity contribution in [2.24, 2.45) is 0 Å². The second-order valence-electron chi connectivity index (χ2n) is 4.30. The highest BCUT2D eigenvalue weighted by Crippen LogP contribution is 2.19. The summed E-state index contributed by atoms with van der Waals surface area (Å²) in [5.74, 6) is 0. The van der Waals surface area contributed by atoms with Crippen LogP contribution in [0.15, 0.2) is 18.2 Å². The number of aryl methyl sites for hydroxylation is 2. The highest BCUT2D eigenvalue weighted by Gasteiger charge is 2.10. The minimum absolute atomic E-state index is 1.13. The second kappa shape index (κ2) is 4.14. The van der Waals surface area contributed by atoms with Gasteiger partial charge in [0.15, 0.2) is 0 Å². The van der Waals surface area contributed by atoms with E-state index in [1.807, 2.05) is 0 Å². The smallest absolute Gasteiger partial charge is 0.0233 e. The van der Waals surface area contributed by atoms with E-state index in [2.05, 4.69) is 37.1 Å². The molecule has 1 nitrogen and oxygen atoms in total. The van der Waals surface area contributed by atoms with Gasteiger partial charge in [-0.05, 0) is 49.5 Å². The van der Waals surface area contributed by atoms with Gasteiger partial charge in [-0.15, -0.1) is 0 Å². The molecule has 0 N–H and O–H groups in total. The van der Waals surface area contributed by atoms with E-state index in [-0.39, 0.29) is 0 Å². The standard InChI is InChI=1S/C13H19N/c1-3-11-6-7-12-5-4-8-14(2)10-13(12)9-11/h6-7,9H,3-5,8,10H2,1-2H3. The Morgan fingerprint density at radius 3 is 2.93 bits per heavy atom. The van der Waals surface area contributed by atoms with Gasteiger partial charge in [0.1, 0.15) is 0 Å². The van der Waals surface area contributed by atoms with E-state index < -0.39 is 0 Å². The lowest BCUT2D eigenvalue weighted by Gasteiger charge is -2.13. The fourth-order valence-electron chi connectivity index (χ4n) is 2.20. The summed E-state index contributed by atoms with van der Waals surface area (Å²) in [5, 5.41) is 0. The molecule has 0 unspecified atom stereocenters. The molecule has 0 radical (unpaired) electrons. The summed E-state index contributed by atoms with van der Waals surface area (Å²) in [6.45, 7) is 4.58. The fraction of sp³-hybridized carbons (Fsp3) is 0.538. The van der Waals surface area contributed by atoms with Gasteiger partial charge in [0, 0.05) is 6.54 Å². The number of nitrogens with zero attached hydrogens (tertiary/aromatic N) is 1. The zero-order valence-electron chi connectivity index (χ0n) is 9.21. The topological polar surface area (TPSA) is 3.24 Å². The maximum Gasteiger partial charge on any atom is 0.0233 e. The SMILES string of the molecule is CCc1ccc2c(c1)CN(C)CCC2. The Labute approximate surface area is 86.7 Å². The Morgan fingerprint density at radius 1 is 1.29 bits per heavy atom. The number of fused-ring (bicyclic) bond motifs is 1. The monoisotopic (exact) mass is 189 g/mol. The van der Waals surface area contributed by atoms with Crippen LogP contribution in [0.5, 0.6) is 0 Å². The van der Waals surface area contributed by atoms with Gasteiger partial charge in [0.25, 0.3) is 0 Å². The molecular weight excluding hydrogens is 170 g/mol. The van der Waals surface area contributed by atoms with E-state index in [0.29, 0.717) is 0 Å². The zero-order valence-corrected chi connectivity index (χ0v) is 9.21. The molecule has 0 bridgehead atoms. The average Bonchev–Trinajstić information content (AvgIpc) is 2.37. The number of hydrogen-bond acceptors (Lipinski definition) is 1. The van der Waals surface area contributed by atoms with Crippen LogP contribution in [0.3, 0.4) is 0 Å². The third-order valence-corrected chi connectivity index (χ3v) is 3.11. The van der Waals surface area contributed by atoms with E-state index in [1.54, 1.807) is 11.1 Å². The van der Waals surface area contributed by atoms with Crippen molar-refractivity contribution in [3.63, 3.8) is 0 Å². The van der Waals surface area contributed by atoms with Crippen molar-refractivity contribution in [2.45, 2.75) is 32.7 Å². The molecule has 0 aromatic heterocycles. The molecule has 2 rings (SSSR count). The second-order valence-corrected chi connectivity index (χ2v) is 4.30. The van der Waals surface area contributed by atoms with E-state index in [0.717, 1.165) is 13.0 Å². The van der Waals surface area contributed by atoms with E-state index in [1.165, 1.54) is 24.9 Å². The summed E-state index contributed by atoms with van der Waals surface area (Å²) in [7, 11) is 2.22. The first-order valence-corrected chi connectivity index (χ1v) is 5.59. The Hall–Kier alpha value is -0.820. The maximum absolute atomic E-state index is 2.42. The van der Waals surface area contributed by atoms with Crippen LogP contribution in [0.4, 0.5) is 0 Å². The molecule has 0 fully saturated rings. The molecule has 0 spiro atoms. The quantitative estimate of drug-likeness (QED) is 0.656. The van der Waals surface area contributed by atoms with Crippen molar-refractivity contribution in [1.82, 2.24) is 4.90 Å². The van der Waals surface area contributed by atoms with E-state index in [9.17, 15) is 0 Å². The Kier molecular flexibility index (Phi) is 2.87. The molecule has 76 valence electrons. The molecule has 0 amide bonds. The summed E-state index contributed by atoms with van der Waals surface area (Å²) in [4.78, 5) is 2.42. The fourth-order valence-corrected chi connectivity index (χ4v) is 2.20. The summed E-state index contributed by atoms with van der Waals surface area (Å²) >= 11 is 0. The molecule has 1 aliphatic heterocycles. The van der Waals surface area contributed by atoms with Gasteiger partial charge < -0.3 is 4.90 Å². The van der Waals surface area contributed by atoms with E-state index >= 15 is 0 Å². The van der Waals surface area contributed by atoms with Crippen molar-refractivity contribution >= 4 is 0 Å². The third-order valence-electron chi connectivity index (χ3n) is 3.11. The van der Waals surface area contributed by atoms with Crippen molar-refractivity contribution in [3.8, 4) is 0 Å². The van der Waals surface area contributed by atoms with Gasteiger partial charge in [-0.3, -0.25) is 0 Å². The Bertz CT molecular complexity index is 317. The molecular formula is C13H19N. The molecule has 1 heteroatoms. The van der Waals surface area contributed by atoms with Gasteiger partial charge in [-0.2, -0.15) is 0 Å². The number of hydrogen-bond donors (Lipinski definition) is 0. The highest BCUT2D eigenvalue weighted by atomic mass is 15.1. The number of rotatable bonds is 1. The molecule has 0 saturated heterocycles. The van der Waals surface area contributed by atoms with Crippen LogP contribution in [0.25, 0.3) is 0 Å². The largest absolute Gasteiger partial charge is 0.302 e. The predicted octanol–water partition coefficient (Wildman–Crippen LogP) is 2.63. The van der Waals surface area contributed by atoms with Crippen molar-refractivity contribution in [2.75, 3.05) is 13.6 Å². The van der Waals surface area contributed by atoms with Crippen LogP contribution in [0.2, 0.25) is 0 Å². The van der Waals surface area contributed by atoms with Crippen LogP contribution in [0.1, 0.15) is 30.0 Å². The molecule has 1 heterocycles. The maximum atomic E-state index is 2.42. The van der Waals surface area contributed by atoms with Gasteiger partial charge in [-0.25, -0.2) is 0 Å². The van der Waals surface area contributed by atoms with Crippen LogP contribution in [-0.2, 0) is 19.4 Å². The molecule has 0 aliphatic carbocycles. The van der Waals surface area contributed by atoms with Crippen LogP contribution >= 0.6 is 0 Å². The minimum atomic E-state index is 1.13. The summed E-state index contributed by atoms with van der Waals surface area (Å²) < 4.78 is 0. The van der Waals surface area contributed by atoms with Gasteiger partial charge in [0.2, 0.25) is 0 Å². The van der Waals surface area contributed by atoms with Crippen molar-refractivity contribution in [1.29, 1.82) is 0 Å². The lowest BCUT2D eigenvalue weighted by Crippen LogP contribution is -2.17. The average molecular weight is 189 g/mol. The summed E-state index contributed by atoms with van der Waals surface area (Å²) in [5.41, 5.74) is 4.58. The van der Waals surface area contributed by atoms with Crippen LogP contribution in [-0.4, -0.2) is 18.5 Å². The number of benzene rings is 1. The first-order chi connectivity index (χ1) is 6.79. The van der Waals surface area contributed by atoms with Crippen LogP contribution in [0, 0.1) is 0 Å². The Balaban J connectivity index is 2.32. The molecule has 14 heavy (non-hydrogen) atoms. The Morgan fingerprint density at radius 2 is 2.14 bits per heavy atom. The zero-order chi connectivity index (χ0) is 9.97. The first kappa shape index (κ1) is 9.72. The third kappa shape index (κ3) is 1.98. The van der Waals surface area contributed by atoms with Gasteiger partial charge in [0.05, 0.1) is 0 Å². The molecule has 1 aromatic rings. The highest BCUT2D eigenvalue weighted by molar-refractivity contribution is 5.32. The van der Waals surface area contributed by atoms with E-state index in [4.69, 9.17) is 0 Å². The summed E-state index contributed by atoms with van der Waals surface area (Å²) in [6.07, 6.45) is 3.70. The lowest BCUT2D eigenvalue weighted by atomic mass is 10.0. The lowest BCUT2D eigenvalue weighted by molar-refractivity contribution is 0.332. The van der Waals surface area contributed by atoms with Gasteiger partial charge in [-0.1, -0.05) is 25.1 Å². The van der Waals surface area contributed by atoms with Gasteiger partial charge >= 0.3 is 0 Å². The van der Waals surface area contributed by atoms with Crippen molar-refractivity contribution < 1.29 is 0 Å². The molecule has 0 saturated carbocycles. The molecule has 1 aromatic carbocycles. The predicted molar refractivity (Wildman–Crippen MR) is 60.5 cm³/mol. The summed E-state index contributed by atoms with van der Waals surface area (Å²) in [6, 6.07) is 6.99. The minimum Gasteiger partial charge on any atom is -0.302 e. The van der Waals surface area contributed by atoms with Crippen molar-refractivity contribution in [3.05, 3.63) is 34.9 Å².